The molecule has 0 saturated carbocycles. The van der Waals surface area contributed by atoms with E-state index in [0.29, 0.717) is 23.9 Å². The zero-order chi connectivity index (χ0) is 20.5. The van der Waals surface area contributed by atoms with Crippen molar-refractivity contribution >= 4 is 34.8 Å². The maximum absolute atomic E-state index is 12.0. The molecule has 0 radical (unpaired) electrons. The van der Waals surface area contributed by atoms with Crippen molar-refractivity contribution in [3.05, 3.63) is 64.7 Å². The highest BCUT2D eigenvalue weighted by molar-refractivity contribution is 7.07. The molecular formula is C20H21N5O3S. The number of amides is 3. The first kappa shape index (κ1) is 20.3. The van der Waals surface area contributed by atoms with Crippen molar-refractivity contribution in [1.29, 1.82) is 0 Å². The molecule has 0 aliphatic heterocycles. The van der Waals surface area contributed by atoms with E-state index in [2.05, 4.69) is 25.9 Å². The van der Waals surface area contributed by atoms with Crippen LogP contribution in [0.25, 0.3) is 0 Å². The maximum Gasteiger partial charge on any atom is 0.319 e. The number of carbonyl (C=O) groups is 2. The summed E-state index contributed by atoms with van der Waals surface area (Å²) >= 11 is 1.51. The van der Waals surface area contributed by atoms with Crippen LogP contribution >= 0.6 is 11.3 Å². The second-order valence-corrected chi connectivity index (χ2v) is 6.91. The Morgan fingerprint density at radius 3 is 2.79 bits per heavy atom. The minimum atomic E-state index is -0.400. The molecule has 1 aromatic carbocycles. The molecular weight excluding hydrogens is 390 g/mol. The van der Waals surface area contributed by atoms with Gasteiger partial charge in [-0.2, -0.15) is 0 Å². The van der Waals surface area contributed by atoms with Crippen LogP contribution in [0, 0.1) is 6.92 Å². The molecule has 0 fully saturated rings. The van der Waals surface area contributed by atoms with Crippen molar-refractivity contribution in [1.82, 2.24) is 15.3 Å². The largest absolute Gasteiger partial charge is 0.487 e. The SMILES string of the molecule is Cc1ccc(NC(=O)CCNC(=O)Nc2cccc(OCc3cscn3)c2)nc1. The number of nitrogens with zero attached hydrogens (tertiary/aromatic N) is 2. The summed E-state index contributed by atoms with van der Waals surface area (Å²) in [4.78, 5) is 32.2. The second-order valence-electron chi connectivity index (χ2n) is 6.20. The zero-order valence-corrected chi connectivity index (χ0v) is 16.7. The highest BCUT2D eigenvalue weighted by Crippen LogP contribution is 2.18. The van der Waals surface area contributed by atoms with Crippen molar-refractivity contribution in [2.45, 2.75) is 20.0 Å². The lowest BCUT2D eigenvalue weighted by atomic mass is 10.3. The van der Waals surface area contributed by atoms with Gasteiger partial charge in [0, 0.05) is 36.3 Å². The molecule has 2 aromatic heterocycles. The Morgan fingerprint density at radius 1 is 1.14 bits per heavy atom. The van der Waals surface area contributed by atoms with Crippen LogP contribution in [-0.4, -0.2) is 28.5 Å². The third-order valence-corrected chi connectivity index (χ3v) is 4.41. The standard InChI is InChI=1S/C20H21N5O3S/c1-14-5-6-18(22-10-14)25-19(26)7-8-21-20(27)24-15-3-2-4-17(9-15)28-11-16-12-29-13-23-16/h2-6,9-10,12-13H,7-8,11H2,1H3,(H2,21,24,27)(H,22,25,26). The van der Waals surface area contributed by atoms with Crippen LogP contribution in [0.2, 0.25) is 0 Å². The molecule has 2 heterocycles. The molecule has 8 nitrogen and oxygen atoms in total. The van der Waals surface area contributed by atoms with Gasteiger partial charge in [0.15, 0.2) is 0 Å². The predicted molar refractivity (Wildman–Crippen MR) is 112 cm³/mol. The number of hydrogen-bond acceptors (Lipinski definition) is 6. The number of aryl methyl sites for hydroxylation is 1. The molecule has 150 valence electrons. The van der Waals surface area contributed by atoms with Crippen molar-refractivity contribution in [2.24, 2.45) is 0 Å². The van der Waals surface area contributed by atoms with E-state index in [-0.39, 0.29) is 18.9 Å². The summed E-state index contributed by atoms with van der Waals surface area (Å²) in [6.07, 6.45) is 1.82. The van der Waals surface area contributed by atoms with Crippen molar-refractivity contribution in [3.63, 3.8) is 0 Å². The van der Waals surface area contributed by atoms with Crippen molar-refractivity contribution in [3.8, 4) is 5.75 Å². The minimum Gasteiger partial charge on any atom is -0.487 e. The van der Waals surface area contributed by atoms with Crippen LogP contribution in [0.1, 0.15) is 17.7 Å². The van der Waals surface area contributed by atoms with Gasteiger partial charge in [0.2, 0.25) is 5.91 Å². The Hall–Kier alpha value is -3.46. The van der Waals surface area contributed by atoms with Gasteiger partial charge in [-0.1, -0.05) is 12.1 Å². The smallest absolute Gasteiger partial charge is 0.319 e. The van der Waals surface area contributed by atoms with E-state index < -0.39 is 6.03 Å². The molecule has 0 saturated heterocycles. The highest BCUT2D eigenvalue weighted by Gasteiger charge is 2.06. The third-order valence-electron chi connectivity index (χ3n) is 3.78. The number of urea groups is 1. The van der Waals surface area contributed by atoms with Gasteiger partial charge in [0.05, 0.1) is 11.2 Å². The molecule has 0 spiro atoms. The van der Waals surface area contributed by atoms with Crippen LogP contribution in [0.3, 0.4) is 0 Å². The fraction of sp³-hybridized carbons (Fsp3) is 0.200. The number of ether oxygens (including phenoxy) is 1. The first-order chi connectivity index (χ1) is 14.1. The summed E-state index contributed by atoms with van der Waals surface area (Å²) in [6, 6.07) is 10.3. The molecule has 3 rings (SSSR count). The number of aromatic nitrogens is 2. The van der Waals surface area contributed by atoms with E-state index in [1.165, 1.54) is 11.3 Å². The fourth-order valence-electron chi connectivity index (χ4n) is 2.34. The van der Waals surface area contributed by atoms with Crippen LogP contribution in [0.4, 0.5) is 16.3 Å². The summed E-state index contributed by atoms with van der Waals surface area (Å²) < 4.78 is 5.66. The Balaban J connectivity index is 1.39. The molecule has 9 heteroatoms. The fourth-order valence-corrected chi connectivity index (χ4v) is 2.88. The topological polar surface area (TPSA) is 105 Å². The Labute approximate surface area is 172 Å². The summed E-state index contributed by atoms with van der Waals surface area (Å²) in [7, 11) is 0. The van der Waals surface area contributed by atoms with Crippen LogP contribution in [-0.2, 0) is 11.4 Å². The van der Waals surface area contributed by atoms with Gasteiger partial charge in [0.1, 0.15) is 18.2 Å². The summed E-state index contributed by atoms with van der Waals surface area (Å²) in [5.74, 6) is 0.888. The quantitative estimate of drug-likeness (QED) is 0.525. The number of hydrogen-bond donors (Lipinski definition) is 3. The molecule has 0 aliphatic rings. The average Bonchev–Trinajstić information content (AvgIpc) is 3.22. The third kappa shape index (κ3) is 6.89. The second kappa shape index (κ2) is 10.2. The normalized spacial score (nSPS) is 10.2. The number of pyridine rings is 1. The number of anilines is 2. The molecule has 0 unspecified atom stereocenters. The van der Waals surface area contributed by atoms with Gasteiger partial charge < -0.3 is 20.7 Å². The predicted octanol–water partition coefficient (Wildman–Crippen LogP) is 3.58. The molecule has 0 atom stereocenters. The lowest BCUT2D eigenvalue weighted by molar-refractivity contribution is -0.116. The van der Waals surface area contributed by atoms with Gasteiger partial charge in [-0.25, -0.2) is 14.8 Å². The monoisotopic (exact) mass is 411 g/mol. The lowest BCUT2D eigenvalue weighted by Crippen LogP contribution is -2.31. The van der Waals surface area contributed by atoms with E-state index in [4.69, 9.17) is 4.74 Å². The summed E-state index contributed by atoms with van der Waals surface area (Å²) in [5, 5.41) is 9.97. The molecule has 3 amide bonds. The Morgan fingerprint density at radius 2 is 2.03 bits per heavy atom. The van der Waals surface area contributed by atoms with Gasteiger partial charge in [-0.15, -0.1) is 11.3 Å². The van der Waals surface area contributed by atoms with E-state index in [1.54, 1.807) is 42.0 Å². The van der Waals surface area contributed by atoms with E-state index >= 15 is 0 Å². The van der Waals surface area contributed by atoms with Gasteiger partial charge in [-0.05, 0) is 30.7 Å². The highest BCUT2D eigenvalue weighted by atomic mass is 32.1. The van der Waals surface area contributed by atoms with E-state index in [9.17, 15) is 9.59 Å². The number of carbonyl (C=O) groups excluding carboxylic acids is 2. The number of benzene rings is 1. The van der Waals surface area contributed by atoms with Gasteiger partial charge >= 0.3 is 6.03 Å². The minimum absolute atomic E-state index is 0.139. The summed E-state index contributed by atoms with van der Waals surface area (Å²) in [6.45, 7) is 2.48. The molecule has 3 aromatic rings. The van der Waals surface area contributed by atoms with E-state index in [0.717, 1.165) is 11.3 Å². The Kier molecular flexibility index (Phi) is 7.12. The molecule has 3 N–H and O–H groups in total. The Bertz CT molecular complexity index is 945. The zero-order valence-electron chi connectivity index (χ0n) is 15.8. The van der Waals surface area contributed by atoms with E-state index in [1.807, 2.05) is 18.4 Å². The van der Waals surface area contributed by atoms with Gasteiger partial charge in [0.25, 0.3) is 0 Å². The number of rotatable bonds is 8. The maximum atomic E-state index is 12.0. The van der Waals surface area contributed by atoms with Crippen LogP contribution in [0.15, 0.2) is 53.5 Å². The summed E-state index contributed by atoms with van der Waals surface area (Å²) in [5.41, 5.74) is 4.20. The molecule has 29 heavy (non-hydrogen) atoms. The number of nitrogens with one attached hydrogen (secondary N) is 3. The van der Waals surface area contributed by atoms with Crippen LogP contribution in [0.5, 0.6) is 5.75 Å². The first-order valence-corrected chi connectivity index (χ1v) is 9.90. The molecule has 0 bridgehead atoms. The van der Waals surface area contributed by atoms with Crippen LogP contribution < -0.4 is 20.7 Å². The van der Waals surface area contributed by atoms with Crippen molar-refractivity contribution in [2.75, 3.05) is 17.2 Å². The van der Waals surface area contributed by atoms with Gasteiger partial charge in [-0.3, -0.25) is 4.79 Å². The first-order valence-electron chi connectivity index (χ1n) is 8.96. The number of thiazole rings is 1. The average molecular weight is 411 g/mol. The van der Waals surface area contributed by atoms with Crippen molar-refractivity contribution < 1.29 is 14.3 Å². The lowest BCUT2D eigenvalue weighted by Gasteiger charge is -2.10. The molecule has 0 aliphatic carbocycles.